The third-order valence-corrected chi connectivity index (χ3v) is 6.80. The van der Waals surface area contributed by atoms with Crippen LogP contribution in [0.3, 0.4) is 0 Å². The Morgan fingerprint density at radius 2 is 1.71 bits per heavy atom. The van der Waals surface area contributed by atoms with Crippen molar-refractivity contribution in [1.82, 2.24) is 4.90 Å². The fourth-order valence-electron chi connectivity index (χ4n) is 4.32. The Hall–Kier alpha value is -2.99. The van der Waals surface area contributed by atoms with Gasteiger partial charge in [-0.05, 0) is 80.9 Å². The van der Waals surface area contributed by atoms with E-state index < -0.39 is 5.63 Å². The lowest BCUT2D eigenvalue weighted by Gasteiger charge is -2.16. The van der Waals surface area contributed by atoms with Crippen molar-refractivity contribution in [2.75, 3.05) is 26.7 Å². The summed E-state index contributed by atoms with van der Waals surface area (Å²) in [5, 5.41) is 11.8. The Kier molecular flexibility index (Phi) is 10.7. The summed E-state index contributed by atoms with van der Waals surface area (Å²) in [6.07, 6.45) is 1.57. The first-order valence-corrected chi connectivity index (χ1v) is 13.7. The van der Waals surface area contributed by atoms with E-state index in [0.29, 0.717) is 45.3 Å². The van der Waals surface area contributed by atoms with E-state index in [-0.39, 0.29) is 5.75 Å². The quantitative estimate of drug-likeness (QED) is 0.211. The zero-order valence-electron chi connectivity index (χ0n) is 22.6. The first kappa shape index (κ1) is 29.6. The predicted molar refractivity (Wildman–Crippen MR) is 158 cm³/mol. The molecule has 1 heterocycles. The van der Waals surface area contributed by atoms with Gasteiger partial charge in [-0.25, -0.2) is 4.79 Å². The number of hydrogen-bond donors (Lipinski definition) is 1. The largest absolute Gasteiger partial charge is 0.508 e. The van der Waals surface area contributed by atoms with Crippen LogP contribution in [0.4, 0.5) is 0 Å². The van der Waals surface area contributed by atoms with Gasteiger partial charge in [-0.2, -0.15) is 0 Å². The third-order valence-electron chi connectivity index (χ3n) is 6.25. The van der Waals surface area contributed by atoms with Crippen molar-refractivity contribution >= 4 is 34.2 Å². The molecule has 0 spiro atoms. The highest BCUT2D eigenvalue weighted by molar-refractivity contribution is 6.36. The van der Waals surface area contributed by atoms with Gasteiger partial charge in [-0.15, -0.1) is 0 Å². The summed E-state index contributed by atoms with van der Waals surface area (Å²) >= 11 is 12.6. The van der Waals surface area contributed by atoms with Crippen molar-refractivity contribution in [3.05, 3.63) is 91.8 Å². The number of benzene rings is 3. The lowest BCUT2D eigenvalue weighted by atomic mass is 9.92. The van der Waals surface area contributed by atoms with Crippen molar-refractivity contribution < 1.29 is 14.3 Å². The number of phenolic OH excluding ortho intramolecular Hbond substituents is 1. The molecule has 4 rings (SSSR count). The van der Waals surface area contributed by atoms with Crippen LogP contribution in [0.15, 0.2) is 63.8 Å². The Balaban J connectivity index is 0.00000195. The second-order valence-corrected chi connectivity index (χ2v) is 9.77. The van der Waals surface area contributed by atoms with Gasteiger partial charge in [0.25, 0.3) is 0 Å². The lowest BCUT2D eigenvalue weighted by molar-refractivity contribution is 0.237. The number of rotatable bonds is 9. The number of hydrogen-bond acceptors (Lipinski definition) is 5. The highest BCUT2D eigenvalue weighted by Gasteiger charge is 2.21. The maximum atomic E-state index is 13.3. The average Bonchev–Trinajstić information content (AvgIpc) is 2.90. The van der Waals surface area contributed by atoms with Crippen LogP contribution in [0.2, 0.25) is 10.0 Å². The van der Waals surface area contributed by atoms with E-state index in [0.717, 1.165) is 41.8 Å². The number of halogens is 2. The van der Waals surface area contributed by atoms with Gasteiger partial charge in [-0.3, -0.25) is 0 Å². The molecule has 3 aromatic carbocycles. The molecule has 0 saturated carbocycles. The van der Waals surface area contributed by atoms with Crippen molar-refractivity contribution in [3.8, 4) is 22.6 Å². The fourth-order valence-corrected chi connectivity index (χ4v) is 4.82. The summed E-state index contributed by atoms with van der Waals surface area (Å²) in [7, 11) is 2.09. The van der Waals surface area contributed by atoms with Gasteiger partial charge in [0.15, 0.2) is 0 Å². The summed E-state index contributed by atoms with van der Waals surface area (Å²) in [5.74, 6) is 0.864. The number of ether oxygens (including phenoxy) is 1. The van der Waals surface area contributed by atoms with Gasteiger partial charge < -0.3 is 19.2 Å². The van der Waals surface area contributed by atoms with E-state index in [9.17, 15) is 9.90 Å². The van der Waals surface area contributed by atoms with E-state index in [1.165, 1.54) is 0 Å². The number of aromatic hydroxyl groups is 1. The Labute approximate surface area is 234 Å². The first-order chi connectivity index (χ1) is 18.3. The van der Waals surface area contributed by atoms with Crippen LogP contribution in [0.1, 0.15) is 43.9 Å². The van der Waals surface area contributed by atoms with Crippen molar-refractivity contribution in [2.45, 2.75) is 40.5 Å². The van der Waals surface area contributed by atoms with Crippen LogP contribution in [0.5, 0.6) is 11.5 Å². The highest BCUT2D eigenvalue weighted by atomic mass is 35.5. The van der Waals surface area contributed by atoms with E-state index in [1.807, 2.05) is 38.1 Å². The summed E-state index contributed by atoms with van der Waals surface area (Å²) in [4.78, 5) is 15.5. The van der Waals surface area contributed by atoms with E-state index in [2.05, 4.69) is 18.9 Å². The molecular formula is C31H35Cl2NO4. The molecule has 0 bridgehead atoms. The van der Waals surface area contributed by atoms with Crippen molar-refractivity contribution in [2.24, 2.45) is 0 Å². The zero-order chi connectivity index (χ0) is 27.8. The molecule has 0 unspecified atom stereocenters. The number of aryl methyl sites for hydroxylation is 1. The van der Waals surface area contributed by atoms with Crippen molar-refractivity contribution in [1.29, 1.82) is 0 Å². The molecule has 0 aliphatic carbocycles. The topological polar surface area (TPSA) is 62.9 Å². The van der Waals surface area contributed by atoms with Crippen LogP contribution < -0.4 is 10.4 Å². The minimum absolute atomic E-state index is 0.0694. The standard InChI is InChI=1S/C29H29Cl2NO4.C2H6/c1-4-13-32(3)14-15-35-21-8-5-19(6-9-21)16-24-22-11-12-26(33)18(2)28(22)36-29(34)27(24)23-10-7-20(30)17-25(23)31;1-2/h5-12,17,33H,4,13-16H2,1-3H3;1-2H3. The summed E-state index contributed by atoms with van der Waals surface area (Å²) in [6, 6.07) is 16.3. The smallest absolute Gasteiger partial charge is 0.344 e. The van der Waals surface area contributed by atoms with Crippen molar-refractivity contribution in [3.63, 3.8) is 0 Å². The normalized spacial score (nSPS) is 10.9. The molecule has 5 nitrogen and oxygen atoms in total. The Morgan fingerprint density at radius 3 is 2.37 bits per heavy atom. The molecule has 0 saturated heterocycles. The Bertz CT molecular complexity index is 1430. The molecule has 1 N–H and O–H groups in total. The second kappa shape index (κ2) is 13.7. The zero-order valence-corrected chi connectivity index (χ0v) is 24.1. The molecule has 0 aliphatic rings. The van der Waals surface area contributed by atoms with Gasteiger partial charge in [-0.1, -0.05) is 62.2 Å². The van der Waals surface area contributed by atoms with E-state index >= 15 is 0 Å². The van der Waals surface area contributed by atoms with Gasteiger partial charge in [0.2, 0.25) is 0 Å². The Morgan fingerprint density at radius 1 is 1.00 bits per heavy atom. The molecular weight excluding hydrogens is 521 g/mol. The van der Waals surface area contributed by atoms with Crippen LogP contribution >= 0.6 is 23.2 Å². The van der Waals surface area contributed by atoms with Crippen LogP contribution in [0, 0.1) is 6.92 Å². The molecule has 38 heavy (non-hydrogen) atoms. The summed E-state index contributed by atoms with van der Waals surface area (Å²) in [5.41, 5.74) is 3.04. The lowest BCUT2D eigenvalue weighted by Crippen LogP contribution is -2.24. The molecule has 0 aliphatic heterocycles. The molecule has 1 aromatic heterocycles. The number of fused-ring (bicyclic) bond motifs is 1. The van der Waals surface area contributed by atoms with Gasteiger partial charge in [0, 0.05) is 28.1 Å². The minimum atomic E-state index is -0.522. The molecule has 0 atom stereocenters. The minimum Gasteiger partial charge on any atom is -0.508 e. The van der Waals surface area contributed by atoms with Gasteiger partial charge in [0.1, 0.15) is 23.7 Å². The molecule has 4 aromatic rings. The molecule has 7 heteroatoms. The summed E-state index contributed by atoms with van der Waals surface area (Å²) in [6.45, 7) is 10.4. The first-order valence-electron chi connectivity index (χ1n) is 12.9. The van der Waals surface area contributed by atoms with Crippen LogP contribution in [-0.4, -0.2) is 36.8 Å². The van der Waals surface area contributed by atoms with Crippen LogP contribution in [0.25, 0.3) is 22.1 Å². The predicted octanol–water partition coefficient (Wildman–Crippen LogP) is 8.12. The van der Waals surface area contributed by atoms with Gasteiger partial charge >= 0.3 is 5.63 Å². The maximum Gasteiger partial charge on any atom is 0.344 e. The summed E-state index contributed by atoms with van der Waals surface area (Å²) < 4.78 is 11.6. The third kappa shape index (κ3) is 6.90. The van der Waals surface area contributed by atoms with E-state index in [1.54, 1.807) is 37.3 Å². The molecule has 202 valence electrons. The highest BCUT2D eigenvalue weighted by Crippen LogP contribution is 2.37. The van der Waals surface area contributed by atoms with Crippen LogP contribution in [-0.2, 0) is 6.42 Å². The number of likely N-dealkylation sites (N-methyl/N-ethyl adjacent to an activating group) is 1. The SMILES string of the molecule is CC.CCCN(C)CCOc1ccc(Cc2c(-c3ccc(Cl)cc3Cl)c(=O)oc3c(C)c(O)ccc23)cc1. The number of nitrogens with zero attached hydrogens (tertiary/aromatic N) is 1. The average molecular weight is 557 g/mol. The van der Waals surface area contributed by atoms with Gasteiger partial charge in [0.05, 0.1) is 10.6 Å². The van der Waals surface area contributed by atoms with E-state index in [4.69, 9.17) is 32.4 Å². The molecule has 0 amide bonds. The molecule has 0 fully saturated rings. The monoisotopic (exact) mass is 555 g/mol. The fraction of sp³-hybridized carbons (Fsp3) is 0.323. The number of phenols is 1. The molecule has 0 radical (unpaired) electrons. The maximum absolute atomic E-state index is 13.3. The second-order valence-electron chi connectivity index (χ2n) is 8.93.